The highest BCUT2D eigenvalue weighted by molar-refractivity contribution is 7.96. The molecule has 1 rings (SSSR count). The number of amides is 1. The SMILES string of the molecule is CCOC(=O)c1cc(NC(=O)S)c(N)c(C#N)c1C. The Labute approximate surface area is 115 Å². The molecule has 0 saturated carbocycles. The molecule has 1 aromatic rings. The van der Waals surface area contributed by atoms with Gasteiger partial charge in [-0.3, -0.25) is 4.79 Å². The monoisotopic (exact) mass is 279 g/mol. The number of carbonyl (C=O) groups is 2. The van der Waals surface area contributed by atoms with Crippen LogP contribution in [0.2, 0.25) is 0 Å². The van der Waals surface area contributed by atoms with Gasteiger partial charge in [0.2, 0.25) is 0 Å². The van der Waals surface area contributed by atoms with Gasteiger partial charge >= 0.3 is 5.97 Å². The van der Waals surface area contributed by atoms with Gasteiger partial charge in [-0.15, -0.1) is 0 Å². The minimum absolute atomic E-state index is 0.0930. The Kier molecular flexibility index (Phi) is 4.78. The summed E-state index contributed by atoms with van der Waals surface area (Å²) in [5.41, 5.74) is 6.74. The van der Waals surface area contributed by atoms with E-state index in [1.165, 1.54) is 6.07 Å². The van der Waals surface area contributed by atoms with Crippen LogP contribution in [0, 0.1) is 18.3 Å². The van der Waals surface area contributed by atoms with E-state index < -0.39 is 11.2 Å². The number of esters is 1. The summed E-state index contributed by atoms with van der Waals surface area (Å²) in [6.45, 7) is 3.47. The standard InChI is InChI=1S/C12H13N3O3S/c1-3-18-11(16)7-4-9(15-12(17)19)10(14)8(5-13)6(7)2/h4H,3,14H2,1-2H3,(H2,15,17,19). The van der Waals surface area contributed by atoms with Gasteiger partial charge in [-0.2, -0.15) is 5.26 Å². The van der Waals surface area contributed by atoms with Gasteiger partial charge in [0.05, 0.1) is 29.1 Å². The number of nitrogen functional groups attached to an aromatic ring is 1. The van der Waals surface area contributed by atoms with Crippen molar-refractivity contribution in [2.75, 3.05) is 17.7 Å². The Morgan fingerprint density at radius 1 is 1.58 bits per heavy atom. The van der Waals surface area contributed by atoms with E-state index in [0.717, 1.165) is 0 Å². The molecule has 0 atom stereocenters. The maximum Gasteiger partial charge on any atom is 0.338 e. The van der Waals surface area contributed by atoms with E-state index in [2.05, 4.69) is 17.9 Å². The molecule has 0 aromatic heterocycles. The van der Waals surface area contributed by atoms with Crippen molar-refractivity contribution in [1.82, 2.24) is 0 Å². The second kappa shape index (κ2) is 6.11. The highest BCUT2D eigenvalue weighted by atomic mass is 32.1. The lowest BCUT2D eigenvalue weighted by molar-refractivity contribution is 0.0525. The number of rotatable bonds is 3. The summed E-state index contributed by atoms with van der Waals surface area (Å²) in [6, 6.07) is 3.28. The fourth-order valence-electron chi connectivity index (χ4n) is 1.59. The van der Waals surface area contributed by atoms with Crippen LogP contribution in [-0.2, 0) is 4.74 Å². The van der Waals surface area contributed by atoms with Crippen LogP contribution in [0.15, 0.2) is 6.07 Å². The summed E-state index contributed by atoms with van der Waals surface area (Å²) in [6.07, 6.45) is 0. The fraction of sp³-hybridized carbons (Fsp3) is 0.250. The summed E-state index contributed by atoms with van der Waals surface area (Å²) in [4.78, 5) is 22.7. The van der Waals surface area contributed by atoms with E-state index in [1.54, 1.807) is 13.8 Å². The molecule has 1 aromatic carbocycles. The van der Waals surface area contributed by atoms with E-state index in [0.29, 0.717) is 5.56 Å². The number of carbonyl (C=O) groups excluding carboxylic acids is 2. The summed E-state index contributed by atoms with van der Waals surface area (Å²) >= 11 is 3.57. The average molecular weight is 279 g/mol. The number of thiol groups is 1. The normalized spacial score (nSPS) is 9.58. The maximum atomic E-state index is 11.8. The molecule has 0 fully saturated rings. The minimum atomic E-state index is -0.644. The summed E-state index contributed by atoms with van der Waals surface area (Å²) < 4.78 is 4.89. The van der Waals surface area contributed by atoms with Crippen molar-refractivity contribution < 1.29 is 14.3 Å². The van der Waals surface area contributed by atoms with Crippen molar-refractivity contribution >= 4 is 35.2 Å². The summed E-state index contributed by atoms with van der Waals surface area (Å²) in [7, 11) is 0. The van der Waals surface area contributed by atoms with Gasteiger partial charge in [-0.05, 0) is 25.5 Å². The van der Waals surface area contributed by atoms with Gasteiger partial charge in [0.1, 0.15) is 6.07 Å². The number of nitriles is 1. The van der Waals surface area contributed by atoms with Crippen molar-refractivity contribution in [3.8, 4) is 6.07 Å². The third-order valence-electron chi connectivity index (χ3n) is 2.48. The minimum Gasteiger partial charge on any atom is -0.462 e. The quantitative estimate of drug-likeness (QED) is 0.446. The van der Waals surface area contributed by atoms with E-state index in [-0.39, 0.29) is 29.1 Å². The van der Waals surface area contributed by atoms with Crippen molar-refractivity contribution in [2.24, 2.45) is 0 Å². The van der Waals surface area contributed by atoms with E-state index in [9.17, 15) is 9.59 Å². The van der Waals surface area contributed by atoms with Gasteiger partial charge in [0.25, 0.3) is 5.24 Å². The smallest absolute Gasteiger partial charge is 0.338 e. The van der Waals surface area contributed by atoms with Crippen LogP contribution < -0.4 is 11.1 Å². The van der Waals surface area contributed by atoms with E-state index in [4.69, 9.17) is 15.7 Å². The molecule has 0 unspecified atom stereocenters. The van der Waals surface area contributed by atoms with Crippen LogP contribution in [0.3, 0.4) is 0 Å². The molecule has 1 amide bonds. The lowest BCUT2D eigenvalue weighted by atomic mass is 9.99. The van der Waals surface area contributed by atoms with Gasteiger partial charge in [0.15, 0.2) is 0 Å². The zero-order valence-corrected chi connectivity index (χ0v) is 11.4. The number of hydrogen-bond donors (Lipinski definition) is 3. The first-order chi connectivity index (χ1) is 8.92. The highest BCUT2D eigenvalue weighted by Crippen LogP contribution is 2.29. The van der Waals surface area contributed by atoms with E-state index in [1.807, 2.05) is 6.07 Å². The lowest BCUT2D eigenvalue weighted by Gasteiger charge is -2.13. The second-order valence-corrected chi connectivity index (χ2v) is 4.05. The Hall–Kier alpha value is -2.20. The predicted molar refractivity (Wildman–Crippen MR) is 74.3 cm³/mol. The molecule has 0 bridgehead atoms. The molecule has 0 spiro atoms. The molecule has 0 aliphatic rings. The van der Waals surface area contributed by atoms with Gasteiger partial charge < -0.3 is 15.8 Å². The van der Waals surface area contributed by atoms with Crippen molar-refractivity contribution in [2.45, 2.75) is 13.8 Å². The molecular weight excluding hydrogens is 266 g/mol. The molecule has 3 N–H and O–H groups in total. The topological polar surface area (TPSA) is 105 Å². The van der Waals surface area contributed by atoms with Gasteiger partial charge in [-0.1, -0.05) is 12.6 Å². The molecule has 100 valence electrons. The average Bonchev–Trinajstić information content (AvgIpc) is 2.33. The van der Waals surface area contributed by atoms with Gasteiger partial charge in [0, 0.05) is 0 Å². The second-order valence-electron chi connectivity index (χ2n) is 3.65. The van der Waals surface area contributed by atoms with E-state index >= 15 is 0 Å². The van der Waals surface area contributed by atoms with Crippen LogP contribution in [0.25, 0.3) is 0 Å². The van der Waals surface area contributed by atoms with Crippen LogP contribution in [-0.4, -0.2) is 17.8 Å². The molecule has 0 saturated heterocycles. The number of anilines is 2. The molecular formula is C12H13N3O3S. The summed E-state index contributed by atoms with van der Waals surface area (Å²) in [5, 5.41) is 10.8. The van der Waals surface area contributed by atoms with Crippen molar-refractivity contribution in [3.05, 3.63) is 22.8 Å². The Morgan fingerprint density at radius 3 is 2.68 bits per heavy atom. The zero-order chi connectivity index (χ0) is 14.6. The Balaban J connectivity index is 3.44. The first kappa shape index (κ1) is 14.9. The summed E-state index contributed by atoms with van der Waals surface area (Å²) in [5.74, 6) is -0.578. The molecule has 0 aliphatic carbocycles. The molecule has 0 heterocycles. The van der Waals surface area contributed by atoms with Gasteiger partial charge in [-0.25, -0.2) is 4.79 Å². The first-order valence-electron chi connectivity index (χ1n) is 5.42. The Morgan fingerprint density at radius 2 is 2.21 bits per heavy atom. The van der Waals surface area contributed by atoms with Crippen LogP contribution >= 0.6 is 12.6 Å². The molecule has 0 radical (unpaired) electrons. The van der Waals surface area contributed by atoms with Crippen LogP contribution in [0.1, 0.15) is 28.4 Å². The number of benzene rings is 1. The van der Waals surface area contributed by atoms with Crippen LogP contribution in [0.4, 0.5) is 16.2 Å². The number of nitrogens with one attached hydrogen (secondary N) is 1. The van der Waals surface area contributed by atoms with Crippen LogP contribution in [0.5, 0.6) is 0 Å². The van der Waals surface area contributed by atoms with Crippen molar-refractivity contribution in [1.29, 1.82) is 5.26 Å². The largest absolute Gasteiger partial charge is 0.462 e. The molecule has 6 nitrogen and oxygen atoms in total. The molecule has 19 heavy (non-hydrogen) atoms. The number of ether oxygens (including phenoxy) is 1. The third-order valence-corrected chi connectivity index (χ3v) is 2.59. The highest BCUT2D eigenvalue weighted by Gasteiger charge is 2.19. The number of hydrogen-bond acceptors (Lipinski definition) is 5. The van der Waals surface area contributed by atoms with Crippen molar-refractivity contribution in [3.63, 3.8) is 0 Å². The molecule has 7 heteroatoms. The number of nitrogens with zero attached hydrogens (tertiary/aromatic N) is 1. The third kappa shape index (κ3) is 3.17. The fourth-order valence-corrected chi connectivity index (χ4v) is 1.71. The Bertz CT molecular complexity index is 579. The molecule has 0 aliphatic heterocycles. The zero-order valence-electron chi connectivity index (χ0n) is 10.5. The first-order valence-corrected chi connectivity index (χ1v) is 5.87. The lowest BCUT2D eigenvalue weighted by Crippen LogP contribution is -2.12. The maximum absolute atomic E-state index is 11.8. The number of nitrogens with two attached hydrogens (primary N) is 1. The predicted octanol–water partition coefficient (Wildman–Crippen LogP) is 2.09.